The lowest BCUT2D eigenvalue weighted by Gasteiger charge is -2.23. The Morgan fingerprint density at radius 2 is 2.11 bits per heavy atom. The summed E-state index contributed by atoms with van der Waals surface area (Å²) in [4.78, 5) is 14.3. The zero-order chi connectivity index (χ0) is 12.6. The van der Waals surface area contributed by atoms with Crippen LogP contribution in [0.15, 0.2) is 0 Å². The standard InChI is InChI=1S/C14H24N2O2/c1-2-12-15-14(7-8-14)13(17)16(12)9-10-18-11-5-3-4-6-11/h11-12,15H,2-10H2,1H3. The lowest BCUT2D eigenvalue weighted by Crippen LogP contribution is -2.39. The van der Waals surface area contributed by atoms with E-state index < -0.39 is 0 Å². The number of ether oxygens (including phenoxy) is 1. The monoisotopic (exact) mass is 252 g/mol. The Labute approximate surface area is 109 Å². The van der Waals surface area contributed by atoms with Crippen LogP contribution < -0.4 is 5.32 Å². The summed E-state index contributed by atoms with van der Waals surface area (Å²) in [6.07, 6.45) is 8.70. The van der Waals surface area contributed by atoms with Gasteiger partial charge in [0.25, 0.3) is 0 Å². The van der Waals surface area contributed by atoms with Gasteiger partial charge < -0.3 is 9.64 Å². The largest absolute Gasteiger partial charge is 0.376 e. The third kappa shape index (κ3) is 2.16. The second-order valence-electron chi connectivity index (χ2n) is 5.93. The highest BCUT2D eigenvalue weighted by Gasteiger charge is 2.58. The van der Waals surface area contributed by atoms with E-state index in [4.69, 9.17) is 4.74 Å². The number of carbonyl (C=O) groups excluding carboxylic acids is 1. The molecule has 1 amide bonds. The van der Waals surface area contributed by atoms with Gasteiger partial charge in [-0.05, 0) is 32.1 Å². The predicted octanol–water partition coefficient (Wildman–Crippen LogP) is 1.65. The van der Waals surface area contributed by atoms with Gasteiger partial charge in [-0.15, -0.1) is 0 Å². The molecule has 1 heterocycles. The Morgan fingerprint density at radius 3 is 2.72 bits per heavy atom. The molecule has 2 aliphatic carbocycles. The van der Waals surface area contributed by atoms with Gasteiger partial charge in [0.1, 0.15) is 0 Å². The minimum Gasteiger partial charge on any atom is -0.376 e. The first kappa shape index (κ1) is 12.4. The van der Waals surface area contributed by atoms with Gasteiger partial charge in [-0.25, -0.2) is 0 Å². The first-order valence-corrected chi connectivity index (χ1v) is 7.45. The number of nitrogens with one attached hydrogen (secondary N) is 1. The van der Waals surface area contributed by atoms with Crippen molar-refractivity contribution in [2.24, 2.45) is 0 Å². The van der Waals surface area contributed by atoms with E-state index in [0.717, 1.165) is 25.8 Å². The van der Waals surface area contributed by atoms with Gasteiger partial charge in [0, 0.05) is 6.54 Å². The topological polar surface area (TPSA) is 41.6 Å². The molecule has 1 saturated heterocycles. The average Bonchev–Trinajstić information content (AvgIpc) is 2.87. The van der Waals surface area contributed by atoms with Gasteiger partial charge in [-0.3, -0.25) is 10.1 Å². The Kier molecular flexibility index (Phi) is 3.32. The van der Waals surface area contributed by atoms with E-state index in [1.807, 2.05) is 4.90 Å². The van der Waals surface area contributed by atoms with Crippen LogP contribution in [0.4, 0.5) is 0 Å². The zero-order valence-corrected chi connectivity index (χ0v) is 11.3. The zero-order valence-electron chi connectivity index (χ0n) is 11.3. The van der Waals surface area contributed by atoms with E-state index in [9.17, 15) is 4.79 Å². The van der Waals surface area contributed by atoms with Crippen molar-refractivity contribution in [2.75, 3.05) is 13.2 Å². The second-order valence-corrected chi connectivity index (χ2v) is 5.93. The molecule has 1 atom stereocenters. The fourth-order valence-corrected chi connectivity index (χ4v) is 3.31. The molecule has 18 heavy (non-hydrogen) atoms. The molecule has 1 spiro atoms. The summed E-state index contributed by atoms with van der Waals surface area (Å²) < 4.78 is 5.87. The van der Waals surface area contributed by atoms with Crippen molar-refractivity contribution in [3.05, 3.63) is 0 Å². The number of nitrogens with zero attached hydrogens (tertiary/aromatic N) is 1. The minimum atomic E-state index is -0.173. The number of hydrogen-bond donors (Lipinski definition) is 1. The highest BCUT2D eigenvalue weighted by atomic mass is 16.5. The average molecular weight is 252 g/mol. The molecule has 1 N–H and O–H groups in total. The molecule has 0 aromatic rings. The third-order valence-electron chi connectivity index (χ3n) is 4.61. The maximum absolute atomic E-state index is 12.3. The van der Waals surface area contributed by atoms with E-state index in [0.29, 0.717) is 18.6 Å². The molecule has 2 saturated carbocycles. The van der Waals surface area contributed by atoms with Gasteiger partial charge >= 0.3 is 0 Å². The Hall–Kier alpha value is -0.610. The Morgan fingerprint density at radius 1 is 1.39 bits per heavy atom. The van der Waals surface area contributed by atoms with Crippen LogP contribution in [0.2, 0.25) is 0 Å². The van der Waals surface area contributed by atoms with E-state index >= 15 is 0 Å². The molecule has 0 radical (unpaired) electrons. The van der Waals surface area contributed by atoms with Crippen LogP contribution in [-0.2, 0) is 9.53 Å². The molecule has 3 rings (SSSR count). The van der Waals surface area contributed by atoms with Gasteiger partial charge in [-0.1, -0.05) is 19.8 Å². The molecule has 3 fully saturated rings. The van der Waals surface area contributed by atoms with Crippen molar-refractivity contribution in [3.8, 4) is 0 Å². The van der Waals surface area contributed by atoms with Gasteiger partial charge in [0.05, 0.1) is 24.4 Å². The summed E-state index contributed by atoms with van der Waals surface area (Å²) >= 11 is 0. The van der Waals surface area contributed by atoms with E-state index in [-0.39, 0.29) is 11.7 Å². The fourth-order valence-electron chi connectivity index (χ4n) is 3.31. The highest BCUT2D eigenvalue weighted by Crippen LogP contribution is 2.42. The second kappa shape index (κ2) is 4.82. The van der Waals surface area contributed by atoms with Crippen molar-refractivity contribution in [1.29, 1.82) is 0 Å². The predicted molar refractivity (Wildman–Crippen MR) is 69.1 cm³/mol. The summed E-state index contributed by atoms with van der Waals surface area (Å²) in [7, 11) is 0. The van der Waals surface area contributed by atoms with Crippen LogP contribution in [-0.4, -0.2) is 41.8 Å². The molecular formula is C14H24N2O2. The van der Waals surface area contributed by atoms with Crippen LogP contribution >= 0.6 is 0 Å². The van der Waals surface area contributed by atoms with E-state index in [1.165, 1.54) is 25.7 Å². The quantitative estimate of drug-likeness (QED) is 0.809. The van der Waals surface area contributed by atoms with Crippen LogP contribution in [0.5, 0.6) is 0 Å². The molecule has 0 aromatic carbocycles. The van der Waals surface area contributed by atoms with Gasteiger partial charge in [-0.2, -0.15) is 0 Å². The van der Waals surface area contributed by atoms with Crippen LogP contribution in [0, 0.1) is 0 Å². The molecular weight excluding hydrogens is 228 g/mol. The molecule has 4 nitrogen and oxygen atoms in total. The molecule has 3 aliphatic rings. The first-order chi connectivity index (χ1) is 8.75. The van der Waals surface area contributed by atoms with Crippen LogP contribution in [0.3, 0.4) is 0 Å². The molecule has 1 unspecified atom stereocenters. The van der Waals surface area contributed by atoms with Crippen LogP contribution in [0.1, 0.15) is 51.9 Å². The summed E-state index contributed by atoms with van der Waals surface area (Å²) in [5.74, 6) is 0.310. The molecule has 0 bridgehead atoms. The normalized spacial score (nSPS) is 30.6. The highest BCUT2D eigenvalue weighted by molar-refractivity contribution is 5.91. The smallest absolute Gasteiger partial charge is 0.244 e. The van der Waals surface area contributed by atoms with Crippen molar-refractivity contribution in [2.45, 2.75) is 69.7 Å². The Bertz CT molecular complexity index is 322. The van der Waals surface area contributed by atoms with Crippen molar-refractivity contribution in [3.63, 3.8) is 0 Å². The minimum absolute atomic E-state index is 0.173. The van der Waals surface area contributed by atoms with Gasteiger partial charge in [0.2, 0.25) is 5.91 Å². The molecule has 102 valence electrons. The summed E-state index contributed by atoms with van der Waals surface area (Å²) in [6.45, 7) is 3.59. The maximum atomic E-state index is 12.3. The fraction of sp³-hybridized carbons (Fsp3) is 0.929. The van der Waals surface area contributed by atoms with Crippen molar-refractivity contribution < 1.29 is 9.53 Å². The molecule has 4 heteroatoms. The SMILES string of the molecule is CCC1NC2(CC2)C(=O)N1CCOC1CCCC1. The van der Waals surface area contributed by atoms with E-state index in [2.05, 4.69) is 12.2 Å². The van der Waals surface area contributed by atoms with Crippen molar-refractivity contribution in [1.82, 2.24) is 10.2 Å². The van der Waals surface area contributed by atoms with Crippen molar-refractivity contribution >= 4 is 5.91 Å². The number of amides is 1. The summed E-state index contributed by atoms with van der Waals surface area (Å²) in [6, 6.07) is 0. The van der Waals surface area contributed by atoms with Crippen LogP contribution in [0.25, 0.3) is 0 Å². The number of carbonyl (C=O) groups is 1. The lowest BCUT2D eigenvalue weighted by molar-refractivity contribution is -0.131. The lowest BCUT2D eigenvalue weighted by atomic mass is 10.3. The first-order valence-electron chi connectivity index (χ1n) is 7.45. The number of hydrogen-bond acceptors (Lipinski definition) is 3. The molecule has 1 aliphatic heterocycles. The van der Waals surface area contributed by atoms with E-state index in [1.54, 1.807) is 0 Å². The molecule has 0 aromatic heterocycles. The summed E-state index contributed by atoms with van der Waals surface area (Å²) in [5.41, 5.74) is -0.173. The summed E-state index contributed by atoms with van der Waals surface area (Å²) in [5, 5.41) is 3.49. The number of rotatable bonds is 5. The maximum Gasteiger partial charge on any atom is 0.244 e. The Balaban J connectivity index is 1.49. The van der Waals surface area contributed by atoms with Gasteiger partial charge in [0.15, 0.2) is 0 Å². The third-order valence-corrected chi connectivity index (χ3v) is 4.61.